The largest absolute Gasteiger partial charge is 0.250 e. The summed E-state index contributed by atoms with van der Waals surface area (Å²) >= 11 is 3.42. The number of hydrogen-bond donors (Lipinski definition) is 0. The van der Waals surface area contributed by atoms with Crippen LogP contribution < -0.4 is 0 Å². The molecule has 1 aromatic rings. The van der Waals surface area contributed by atoms with Crippen molar-refractivity contribution in [1.82, 2.24) is 0 Å². The molecule has 0 spiro atoms. The average Bonchev–Trinajstić information content (AvgIpc) is 2.34. The Morgan fingerprint density at radius 3 is 2.31 bits per heavy atom. The fourth-order valence-electron chi connectivity index (χ4n) is 2.73. The third-order valence-electron chi connectivity index (χ3n) is 3.68. The summed E-state index contributed by atoms with van der Waals surface area (Å²) in [6, 6.07) is 8.15. The molecule has 1 saturated carbocycles. The van der Waals surface area contributed by atoms with E-state index in [1.165, 1.54) is 32.1 Å². The van der Waals surface area contributed by atoms with Crippen LogP contribution in [-0.2, 0) is 0 Å². The zero-order valence-corrected chi connectivity index (χ0v) is 11.0. The SMILES string of the molecule is FCC(c1ccc(Br)cc1)C1CCCCC1. The minimum atomic E-state index is -0.216. The van der Waals surface area contributed by atoms with Gasteiger partial charge in [-0.15, -0.1) is 0 Å². The molecule has 2 rings (SSSR count). The van der Waals surface area contributed by atoms with Gasteiger partial charge in [-0.3, -0.25) is 4.39 Å². The Hall–Kier alpha value is -0.370. The predicted molar refractivity (Wildman–Crippen MR) is 69.4 cm³/mol. The predicted octanol–water partition coefficient (Wildman–Crippen LogP) is 5.08. The number of alkyl halides is 1. The summed E-state index contributed by atoms with van der Waals surface area (Å²) in [6.45, 7) is -0.216. The normalized spacial score (nSPS) is 19.6. The molecule has 1 fully saturated rings. The zero-order valence-electron chi connectivity index (χ0n) is 9.46. The minimum Gasteiger partial charge on any atom is -0.250 e. The van der Waals surface area contributed by atoms with Crippen molar-refractivity contribution in [3.05, 3.63) is 34.3 Å². The lowest BCUT2D eigenvalue weighted by molar-refractivity contribution is 0.263. The molecular formula is C14H18BrF. The molecule has 16 heavy (non-hydrogen) atoms. The monoisotopic (exact) mass is 284 g/mol. The van der Waals surface area contributed by atoms with Gasteiger partial charge in [-0.05, 0) is 36.5 Å². The van der Waals surface area contributed by atoms with Gasteiger partial charge in [-0.2, -0.15) is 0 Å². The highest BCUT2D eigenvalue weighted by molar-refractivity contribution is 9.10. The highest BCUT2D eigenvalue weighted by Gasteiger charge is 2.24. The summed E-state index contributed by atoms with van der Waals surface area (Å²) in [5, 5.41) is 0. The quantitative estimate of drug-likeness (QED) is 0.726. The summed E-state index contributed by atoms with van der Waals surface area (Å²) < 4.78 is 14.3. The molecule has 88 valence electrons. The molecule has 1 aliphatic carbocycles. The third kappa shape index (κ3) is 2.85. The van der Waals surface area contributed by atoms with Crippen molar-refractivity contribution < 1.29 is 4.39 Å². The first kappa shape index (κ1) is 12.1. The molecule has 0 aliphatic heterocycles. The van der Waals surface area contributed by atoms with E-state index in [1.54, 1.807) is 0 Å². The summed E-state index contributed by atoms with van der Waals surface area (Å²) in [6.07, 6.45) is 6.28. The smallest absolute Gasteiger partial charge is 0.0965 e. The maximum atomic E-state index is 13.2. The highest BCUT2D eigenvalue weighted by atomic mass is 79.9. The Labute approximate surface area is 105 Å². The molecular weight excluding hydrogens is 267 g/mol. The van der Waals surface area contributed by atoms with Crippen molar-refractivity contribution in [2.24, 2.45) is 5.92 Å². The molecule has 0 aromatic heterocycles. The molecule has 0 N–H and O–H groups in total. The van der Waals surface area contributed by atoms with Gasteiger partial charge >= 0.3 is 0 Å². The van der Waals surface area contributed by atoms with E-state index in [0.717, 1.165) is 10.0 Å². The third-order valence-corrected chi connectivity index (χ3v) is 4.21. The van der Waals surface area contributed by atoms with Crippen molar-refractivity contribution >= 4 is 15.9 Å². The van der Waals surface area contributed by atoms with Gasteiger partial charge < -0.3 is 0 Å². The van der Waals surface area contributed by atoms with Crippen LogP contribution in [0.25, 0.3) is 0 Å². The van der Waals surface area contributed by atoms with E-state index in [4.69, 9.17) is 0 Å². The molecule has 1 aromatic carbocycles. The van der Waals surface area contributed by atoms with Gasteiger partial charge in [0.05, 0.1) is 6.67 Å². The van der Waals surface area contributed by atoms with Crippen LogP contribution in [0.5, 0.6) is 0 Å². The van der Waals surface area contributed by atoms with E-state index >= 15 is 0 Å². The summed E-state index contributed by atoms with van der Waals surface area (Å²) in [5.41, 5.74) is 1.16. The van der Waals surface area contributed by atoms with Gasteiger partial charge in [-0.1, -0.05) is 47.3 Å². The summed E-state index contributed by atoms with van der Waals surface area (Å²) in [7, 11) is 0. The zero-order chi connectivity index (χ0) is 11.4. The first-order valence-corrected chi connectivity index (χ1v) is 6.92. The molecule has 1 atom stereocenters. The van der Waals surface area contributed by atoms with E-state index in [1.807, 2.05) is 12.1 Å². The lowest BCUT2D eigenvalue weighted by atomic mass is 9.77. The van der Waals surface area contributed by atoms with Crippen LogP contribution in [0.2, 0.25) is 0 Å². The Balaban J connectivity index is 2.11. The van der Waals surface area contributed by atoms with E-state index in [0.29, 0.717) is 5.92 Å². The van der Waals surface area contributed by atoms with Gasteiger partial charge in [0.2, 0.25) is 0 Å². The van der Waals surface area contributed by atoms with Crippen LogP contribution in [0, 0.1) is 5.92 Å². The van der Waals surface area contributed by atoms with Crippen LogP contribution in [-0.4, -0.2) is 6.67 Å². The van der Waals surface area contributed by atoms with Crippen molar-refractivity contribution in [3.8, 4) is 0 Å². The van der Waals surface area contributed by atoms with E-state index in [9.17, 15) is 4.39 Å². The second kappa shape index (κ2) is 5.81. The van der Waals surface area contributed by atoms with Crippen molar-refractivity contribution in [2.45, 2.75) is 38.0 Å². The second-order valence-corrected chi connectivity index (χ2v) is 5.63. The summed E-state index contributed by atoms with van der Waals surface area (Å²) in [5.74, 6) is 0.674. The Kier molecular flexibility index (Phi) is 4.39. The Morgan fingerprint density at radius 1 is 1.12 bits per heavy atom. The molecule has 0 heterocycles. The lowest BCUT2D eigenvalue weighted by Crippen LogP contribution is -2.17. The van der Waals surface area contributed by atoms with E-state index in [2.05, 4.69) is 28.1 Å². The number of benzene rings is 1. The second-order valence-electron chi connectivity index (χ2n) is 4.71. The van der Waals surface area contributed by atoms with Crippen molar-refractivity contribution in [2.75, 3.05) is 6.67 Å². The van der Waals surface area contributed by atoms with Crippen LogP contribution in [0.1, 0.15) is 43.6 Å². The van der Waals surface area contributed by atoms with Crippen LogP contribution in [0.15, 0.2) is 28.7 Å². The molecule has 0 radical (unpaired) electrons. The van der Waals surface area contributed by atoms with Gasteiger partial charge in [0.15, 0.2) is 0 Å². The fraction of sp³-hybridized carbons (Fsp3) is 0.571. The molecule has 2 heteroatoms. The first-order valence-electron chi connectivity index (χ1n) is 6.12. The molecule has 1 aliphatic rings. The molecule has 1 unspecified atom stereocenters. The topological polar surface area (TPSA) is 0 Å². The summed E-state index contributed by atoms with van der Waals surface area (Å²) in [4.78, 5) is 0. The standard InChI is InChI=1S/C14H18BrF/c15-13-8-6-12(7-9-13)14(10-16)11-4-2-1-3-5-11/h6-9,11,14H,1-5,10H2. The van der Waals surface area contributed by atoms with Crippen molar-refractivity contribution in [3.63, 3.8) is 0 Å². The van der Waals surface area contributed by atoms with Gasteiger partial charge in [0.1, 0.15) is 0 Å². The van der Waals surface area contributed by atoms with E-state index in [-0.39, 0.29) is 12.6 Å². The maximum absolute atomic E-state index is 13.2. The molecule has 0 amide bonds. The lowest BCUT2D eigenvalue weighted by Gasteiger charge is -2.28. The molecule has 0 nitrogen and oxygen atoms in total. The Bertz CT molecular complexity index is 314. The maximum Gasteiger partial charge on any atom is 0.0965 e. The van der Waals surface area contributed by atoms with Gasteiger partial charge in [0.25, 0.3) is 0 Å². The van der Waals surface area contributed by atoms with E-state index < -0.39 is 0 Å². The fourth-order valence-corrected chi connectivity index (χ4v) is 3.00. The van der Waals surface area contributed by atoms with Crippen LogP contribution in [0.3, 0.4) is 0 Å². The van der Waals surface area contributed by atoms with Crippen molar-refractivity contribution in [1.29, 1.82) is 0 Å². The molecule has 0 bridgehead atoms. The average molecular weight is 285 g/mol. The number of halogens is 2. The first-order chi connectivity index (χ1) is 7.81. The number of hydrogen-bond acceptors (Lipinski definition) is 0. The minimum absolute atomic E-state index is 0.119. The molecule has 0 saturated heterocycles. The highest BCUT2D eigenvalue weighted by Crippen LogP contribution is 2.36. The Morgan fingerprint density at radius 2 is 1.75 bits per heavy atom. The van der Waals surface area contributed by atoms with Gasteiger partial charge in [-0.25, -0.2) is 0 Å². The number of rotatable bonds is 3. The van der Waals surface area contributed by atoms with Crippen LogP contribution >= 0.6 is 15.9 Å². The van der Waals surface area contributed by atoms with Crippen LogP contribution in [0.4, 0.5) is 4.39 Å². The van der Waals surface area contributed by atoms with Gasteiger partial charge in [0, 0.05) is 10.4 Å².